The number of carbonyl (C=O) groups is 1. The Bertz CT molecular complexity index is 741. The lowest BCUT2D eigenvalue weighted by Crippen LogP contribution is -2.39. The SMILES string of the molecule is COc1nc(N)c2c(n1)CCN(c1ccc(C(C)C)cc1)C2=O. The van der Waals surface area contributed by atoms with E-state index < -0.39 is 0 Å². The number of nitrogen functional groups attached to an aromatic ring is 1. The van der Waals surface area contributed by atoms with Crippen molar-refractivity contribution in [2.45, 2.75) is 26.2 Å². The van der Waals surface area contributed by atoms with Gasteiger partial charge in [0.2, 0.25) is 0 Å². The molecule has 2 aromatic rings. The van der Waals surface area contributed by atoms with Crippen LogP contribution in [-0.4, -0.2) is 29.5 Å². The van der Waals surface area contributed by atoms with Crippen molar-refractivity contribution >= 4 is 17.4 Å². The van der Waals surface area contributed by atoms with Crippen LogP contribution in [0, 0.1) is 0 Å². The fourth-order valence-electron chi connectivity index (χ4n) is 2.75. The number of nitrogens with two attached hydrogens (primary N) is 1. The van der Waals surface area contributed by atoms with E-state index in [2.05, 4.69) is 35.9 Å². The van der Waals surface area contributed by atoms with Crippen molar-refractivity contribution in [2.75, 3.05) is 24.3 Å². The summed E-state index contributed by atoms with van der Waals surface area (Å²) in [6.45, 7) is 4.85. The molecule has 1 aliphatic heterocycles. The number of rotatable bonds is 3. The van der Waals surface area contributed by atoms with Gasteiger partial charge in [-0.3, -0.25) is 4.79 Å². The van der Waals surface area contributed by atoms with Gasteiger partial charge >= 0.3 is 6.01 Å². The van der Waals surface area contributed by atoms with E-state index in [0.29, 0.717) is 30.1 Å². The van der Waals surface area contributed by atoms with Crippen molar-refractivity contribution in [2.24, 2.45) is 0 Å². The van der Waals surface area contributed by atoms with Crippen molar-refractivity contribution in [3.05, 3.63) is 41.1 Å². The summed E-state index contributed by atoms with van der Waals surface area (Å²) in [6.07, 6.45) is 0.621. The second-order valence-electron chi connectivity index (χ2n) is 5.87. The van der Waals surface area contributed by atoms with Crippen molar-refractivity contribution in [1.29, 1.82) is 0 Å². The molecular formula is C17H20N4O2. The van der Waals surface area contributed by atoms with E-state index in [1.807, 2.05) is 12.1 Å². The second kappa shape index (κ2) is 5.87. The van der Waals surface area contributed by atoms with E-state index >= 15 is 0 Å². The van der Waals surface area contributed by atoms with Crippen LogP contribution in [0.1, 0.15) is 41.4 Å². The highest BCUT2D eigenvalue weighted by atomic mass is 16.5. The Hall–Kier alpha value is -2.63. The molecule has 0 atom stereocenters. The topological polar surface area (TPSA) is 81.3 Å². The largest absolute Gasteiger partial charge is 0.467 e. The zero-order chi connectivity index (χ0) is 16.6. The third-order valence-corrected chi connectivity index (χ3v) is 4.08. The maximum atomic E-state index is 12.8. The van der Waals surface area contributed by atoms with Gasteiger partial charge in [0.05, 0.1) is 12.8 Å². The van der Waals surface area contributed by atoms with E-state index in [0.717, 1.165) is 5.69 Å². The quantitative estimate of drug-likeness (QED) is 0.941. The minimum atomic E-state index is -0.163. The third-order valence-electron chi connectivity index (χ3n) is 4.08. The average Bonchev–Trinajstić information content (AvgIpc) is 2.54. The van der Waals surface area contributed by atoms with Gasteiger partial charge in [-0.2, -0.15) is 9.97 Å². The first-order valence-corrected chi connectivity index (χ1v) is 7.63. The Balaban J connectivity index is 1.94. The molecule has 1 amide bonds. The van der Waals surface area contributed by atoms with Crippen LogP contribution in [0.3, 0.4) is 0 Å². The Kier molecular flexibility index (Phi) is 3.90. The fraction of sp³-hybridized carbons (Fsp3) is 0.353. The normalized spacial score (nSPS) is 14.1. The highest BCUT2D eigenvalue weighted by Crippen LogP contribution is 2.28. The van der Waals surface area contributed by atoms with Gasteiger partial charge in [0.1, 0.15) is 11.4 Å². The molecule has 2 N–H and O–H groups in total. The maximum Gasteiger partial charge on any atom is 0.318 e. The molecule has 6 heteroatoms. The molecule has 6 nitrogen and oxygen atoms in total. The fourth-order valence-corrected chi connectivity index (χ4v) is 2.75. The summed E-state index contributed by atoms with van der Waals surface area (Å²) in [7, 11) is 1.48. The number of fused-ring (bicyclic) bond motifs is 1. The third kappa shape index (κ3) is 2.72. The molecule has 0 radical (unpaired) electrons. The lowest BCUT2D eigenvalue weighted by atomic mass is 10.0. The first-order valence-electron chi connectivity index (χ1n) is 7.63. The smallest absolute Gasteiger partial charge is 0.318 e. The van der Waals surface area contributed by atoms with Crippen LogP contribution >= 0.6 is 0 Å². The molecule has 0 fully saturated rings. The van der Waals surface area contributed by atoms with Gasteiger partial charge in [0, 0.05) is 18.7 Å². The van der Waals surface area contributed by atoms with Crippen molar-refractivity contribution in [3.63, 3.8) is 0 Å². The molecule has 23 heavy (non-hydrogen) atoms. The van der Waals surface area contributed by atoms with E-state index in [4.69, 9.17) is 10.5 Å². The molecule has 0 spiro atoms. The molecule has 1 aromatic carbocycles. The van der Waals surface area contributed by atoms with Crippen molar-refractivity contribution in [3.8, 4) is 6.01 Å². The van der Waals surface area contributed by atoms with Crippen LogP contribution in [0.5, 0.6) is 6.01 Å². The summed E-state index contributed by atoms with van der Waals surface area (Å²) < 4.78 is 5.02. The molecule has 0 bridgehead atoms. The number of benzene rings is 1. The summed E-state index contributed by atoms with van der Waals surface area (Å²) in [5.74, 6) is 0.461. The predicted molar refractivity (Wildman–Crippen MR) is 88.9 cm³/mol. The number of anilines is 2. The van der Waals surface area contributed by atoms with Crippen LogP contribution in [0.15, 0.2) is 24.3 Å². The zero-order valence-corrected chi connectivity index (χ0v) is 13.5. The Morgan fingerprint density at radius 2 is 1.91 bits per heavy atom. The minimum absolute atomic E-state index is 0.163. The first kappa shape index (κ1) is 15.3. The van der Waals surface area contributed by atoms with Crippen LogP contribution in [0.2, 0.25) is 0 Å². The van der Waals surface area contributed by atoms with Crippen LogP contribution in [-0.2, 0) is 6.42 Å². The molecule has 0 saturated carbocycles. The molecule has 1 aliphatic rings. The zero-order valence-electron chi connectivity index (χ0n) is 13.5. The summed E-state index contributed by atoms with van der Waals surface area (Å²) in [6, 6.07) is 8.24. The lowest BCUT2D eigenvalue weighted by Gasteiger charge is -2.28. The van der Waals surface area contributed by atoms with Gasteiger partial charge in [-0.1, -0.05) is 26.0 Å². The highest BCUT2D eigenvalue weighted by molar-refractivity contribution is 6.10. The van der Waals surface area contributed by atoms with Crippen molar-refractivity contribution in [1.82, 2.24) is 9.97 Å². The van der Waals surface area contributed by atoms with E-state index in [9.17, 15) is 4.79 Å². The Morgan fingerprint density at radius 1 is 1.22 bits per heavy atom. The number of nitrogens with zero attached hydrogens (tertiary/aromatic N) is 3. The van der Waals surface area contributed by atoms with Crippen LogP contribution < -0.4 is 15.4 Å². The monoisotopic (exact) mass is 312 g/mol. The summed E-state index contributed by atoms with van der Waals surface area (Å²) >= 11 is 0. The van der Waals surface area contributed by atoms with E-state index in [1.54, 1.807) is 4.90 Å². The molecular weight excluding hydrogens is 292 g/mol. The number of amides is 1. The lowest BCUT2D eigenvalue weighted by molar-refractivity contribution is 0.0980. The number of ether oxygens (including phenoxy) is 1. The molecule has 0 unspecified atom stereocenters. The maximum absolute atomic E-state index is 12.8. The summed E-state index contributed by atoms with van der Waals surface area (Å²) in [5, 5.41) is 0. The number of aromatic nitrogens is 2. The van der Waals surface area contributed by atoms with Crippen molar-refractivity contribution < 1.29 is 9.53 Å². The molecule has 3 rings (SSSR count). The van der Waals surface area contributed by atoms with Gasteiger partial charge in [0.25, 0.3) is 5.91 Å². The minimum Gasteiger partial charge on any atom is -0.467 e. The van der Waals surface area contributed by atoms with Gasteiger partial charge in [-0.05, 0) is 23.6 Å². The number of hydrogen-bond donors (Lipinski definition) is 1. The second-order valence-corrected chi connectivity index (χ2v) is 5.87. The molecule has 0 saturated heterocycles. The average molecular weight is 312 g/mol. The molecule has 120 valence electrons. The van der Waals surface area contributed by atoms with Gasteiger partial charge in [0.15, 0.2) is 0 Å². The summed E-state index contributed by atoms with van der Waals surface area (Å²) in [4.78, 5) is 22.8. The van der Waals surface area contributed by atoms with Crippen LogP contribution in [0.4, 0.5) is 11.5 Å². The Labute approximate surface area is 135 Å². The number of carbonyl (C=O) groups excluding carboxylic acids is 1. The number of methoxy groups -OCH3 is 1. The van der Waals surface area contributed by atoms with Gasteiger partial charge in [-0.15, -0.1) is 0 Å². The number of hydrogen-bond acceptors (Lipinski definition) is 5. The predicted octanol–water partition coefficient (Wildman–Crippen LogP) is 2.39. The van der Waals surface area contributed by atoms with Crippen LogP contribution in [0.25, 0.3) is 0 Å². The van der Waals surface area contributed by atoms with E-state index in [1.165, 1.54) is 12.7 Å². The van der Waals surface area contributed by atoms with Gasteiger partial charge < -0.3 is 15.4 Å². The molecule has 2 heterocycles. The standard InChI is InChI=1S/C17H20N4O2/c1-10(2)11-4-6-12(7-5-11)21-9-8-13-14(16(21)22)15(18)20-17(19-13)23-3/h4-7,10H,8-9H2,1-3H3,(H2,18,19,20). The molecule has 1 aromatic heterocycles. The summed E-state index contributed by atoms with van der Waals surface area (Å²) in [5.41, 5.74) is 9.06. The Morgan fingerprint density at radius 3 is 2.52 bits per heavy atom. The first-order chi connectivity index (χ1) is 11.0. The molecule has 0 aliphatic carbocycles. The van der Waals surface area contributed by atoms with Gasteiger partial charge in [-0.25, -0.2) is 0 Å². The highest BCUT2D eigenvalue weighted by Gasteiger charge is 2.30. The van der Waals surface area contributed by atoms with E-state index in [-0.39, 0.29) is 17.7 Å².